The second kappa shape index (κ2) is 6.83. The van der Waals surface area contributed by atoms with Crippen molar-refractivity contribution in [1.29, 1.82) is 5.26 Å². The largest absolute Gasteiger partial charge is 0.298 e. The molecular weight excluding hydrogens is 251 g/mol. The first-order valence-corrected chi connectivity index (χ1v) is 6.64. The second-order valence-electron chi connectivity index (χ2n) is 4.71. The molecule has 0 aromatic heterocycles. The van der Waals surface area contributed by atoms with Crippen LogP contribution in [0.5, 0.6) is 0 Å². The van der Waals surface area contributed by atoms with Gasteiger partial charge in [0.05, 0.1) is 6.07 Å². The highest BCUT2D eigenvalue weighted by Crippen LogP contribution is 2.16. The number of hydrogen-bond acceptors (Lipinski definition) is 2. The zero-order valence-electron chi connectivity index (χ0n) is 11.4. The SMILES string of the molecule is Cc1ccccc1C(C#N)NCCc1ccccc1F. The quantitative estimate of drug-likeness (QED) is 0.900. The molecule has 102 valence electrons. The third-order valence-corrected chi connectivity index (χ3v) is 3.33. The van der Waals surface area contributed by atoms with Crippen molar-refractivity contribution < 1.29 is 4.39 Å². The molecule has 2 aromatic carbocycles. The van der Waals surface area contributed by atoms with Gasteiger partial charge in [0.25, 0.3) is 0 Å². The van der Waals surface area contributed by atoms with Crippen LogP contribution in [0.25, 0.3) is 0 Å². The first-order valence-electron chi connectivity index (χ1n) is 6.64. The maximum absolute atomic E-state index is 13.5. The molecule has 2 rings (SSSR count). The molecule has 0 bridgehead atoms. The number of nitrogens with one attached hydrogen (secondary N) is 1. The molecular formula is C17H17FN2. The molecule has 0 aliphatic rings. The Hall–Kier alpha value is -2.18. The molecule has 0 fully saturated rings. The van der Waals surface area contributed by atoms with Gasteiger partial charge in [-0.25, -0.2) is 4.39 Å². The van der Waals surface area contributed by atoms with Crippen LogP contribution in [0.4, 0.5) is 4.39 Å². The maximum Gasteiger partial charge on any atom is 0.126 e. The van der Waals surface area contributed by atoms with Crippen LogP contribution in [0.15, 0.2) is 48.5 Å². The summed E-state index contributed by atoms with van der Waals surface area (Å²) < 4.78 is 13.5. The molecule has 0 amide bonds. The monoisotopic (exact) mass is 268 g/mol. The van der Waals surface area contributed by atoms with Gasteiger partial charge in [0, 0.05) is 6.54 Å². The molecule has 1 unspecified atom stereocenters. The topological polar surface area (TPSA) is 35.8 Å². The summed E-state index contributed by atoms with van der Waals surface area (Å²) in [6.45, 7) is 2.55. The first-order chi connectivity index (χ1) is 9.72. The molecule has 0 heterocycles. The van der Waals surface area contributed by atoms with Gasteiger partial charge in [-0.3, -0.25) is 5.32 Å². The minimum Gasteiger partial charge on any atom is -0.298 e. The van der Waals surface area contributed by atoms with E-state index in [1.54, 1.807) is 12.1 Å². The Balaban J connectivity index is 1.98. The molecule has 20 heavy (non-hydrogen) atoms. The molecule has 1 atom stereocenters. The second-order valence-corrected chi connectivity index (χ2v) is 4.71. The molecule has 2 nitrogen and oxygen atoms in total. The Bertz CT molecular complexity index is 616. The number of nitriles is 1. The average molecular weight is 268 g/mol. The molecule has 0 aliphatic carbocycles. The number of rotatable bonds is 5. The van der Waals surface area contributed by atoms with E-state index in [0.717, 1.165) is 11.1 Å². The Morgan fingerprint density at radius 2 is 1.85 bits per heavy atom. The summed E-state index contributed by atoms with van der Waals surface area (Å²) >= 11 is 0. The highest BCUT2D eigenvalue weighted by atomic mass is 19.1. The van der Waals surface area contributed by atoms with Crippen LogP contribution in [-0.4, -0.2) is 6.54 Å². The average Bonchev–Trinajstić information content (AvgIpc) is 2.46. The van der Waals surface area contributed by atoms with Gasteiger partial charge in [0.1, 0.15) is 11.9 Å². The highest BCUT2D eigenvalue weighted by molar-refractivity contribution is 5.32. The lowest BCUT2D eigenvalue weighted by atomic mass is 10.0. The molecule has 2 aromatic rings. The summed E-state index contributed by atoms with van der Waals surface area (Å²) in [5.41, 5.74) is 2.72. The molecule has 3 heteroatoms. The van der Waals surface area contributed by atoms with Crippen LogP contribution in [0.1, 0.15) is 22.7 Å². The van der Waals surface area contributed by atoms with Crippen LogP contribution >= 0.6 is 0 Å². The van der Waals surface area contributed by atoms with E-state index in [9.17, 15) is 9.65 Å². The predicted molar refractivity (Wildman–Crippen MR) is 77.6 cm³/mol. The van der Waals surface area contributed by atoms with Crippen molar-refractivity contribution in [3.05, 3.63) is 71.0 Å². The van der Waals surface area contributed by atoms with E-state index in [1.807, 2.05) is 37.3 Å². The fraction of sp³-hybridized carbons (Fsp3) is 0.235. The van der Waals surface area contributed by atoms with E-state index in [4.69, 9.17) is 0 Å². The van der Waals surface area contributed by atoms with Gasteiger partial charge in [0.15, 0.2) is 0 Å². The van der Waals surface area contributed by atoms with Crippen molar-refractivity contribution in [2.75, 3.05) is 6.54 Å². The summed E-state index contributed by atoms with van der Waals surface area (Å²) in [4.78, 5) is 0. The predicted octanol–water partition coefficient (Wildman–Crippen LogP) is 3.53. The highest BCUT2D eigenvalue weighted by Gasteiger charge is 2.11. The molecule has 0 spiro atoms. The third-order valence-electron chi connectivity index (χ3n) is 3.33. The van der Waals surface area contributed by atoms with Gasteiger partial charge in [-0.05, 0) is 36.1 Å². The van der Waals surface area contributed by atoms with Crippen LogP contribution in [0.3, 0.4) is 0 Å². The van der Waals surface area contributed by atoms with Crippen LogP contribution in [0.2, 0.25) is 0 Å². The van der Waals surface area contributed by atoms with Crippen LogP contribution in [0, 0.1) is 24.1 Å². The van der Waals surface area contributed by atoms with Gasteiger partial charge in [-0.1, -0.05) is 42.5 Å². The van der Waals surface area contributed by atoms with Crippen molar-refractivity contribution in [3.8, 4) is 6.07 Å². The van der Waals surface area contributed by atoms with Crippen LogP contribution in [-0.2, 0) is 6.42 Å². The van der Waals surface area contributed by atoms with Crippen molar-refractivity contribution in [3.63, 3.8) is 0 Å². The molecule has 0 saturated heterocycles. The fourth-order valence-corrected chi connectivity index (χ4v) is 2.19. The van der Waals surface area contributed by atoms with Crippen LogP contribution < -0.4 is 5.32 Å². The zero-order chi connectivity index (χ0) is 14.4. The standard InChI is InChI=1S/C17H17FN2/c1-13-6-2-4-8-15(13)17(12-19)20-11-10-14-7-3-5-9-16(14)18/h2-9,17,20H,10-11H2,1H3. The Morgan fingerprint density at radius 3 is 2.55 bits per heavy atom. The number of nitrogens with zero attached hydrogens (tertiary/aromatic N) is 1. The van der Waals surface area contributed by atoms with E-state index >= 15 is 0 Å². The molecule has 0 radical (unpaired) electrons. The van der Waals surface area contributed by atoms with Crippen molar-refractivity contribution >= 4 is 0 Å². The van der Waals surface area contributed by atoms with E-state index in [-0.39, 0.29) is 11.9 Å². The summed E-state index contributed by atoms with van der Waals surface area (Å²) in [5, 5.41) is 12.4. The molecule has 0 aliphatic heterocycles. The summed E-state index contributed by atoms with van der Waals surface area (Å²) in [7, 11) is 0. The van der Waals surface area contributed by atoms with Gasteiger partial charge in [-0.15, -0.1) is 0 Å². The number of halogens is 1. The minimum atomic E-state index is -0.358. The number of aryl methyl sites for hydroxylation is 1. The lowest BCUT2D eigenvalue weighted by molar-refractivity contribution is 0.585. The van der Waals surface area contributed by atoms with Crippen molar-refractivity contribution in [2.45, 2.75) is 19.4 Å². The molecule has 1 N–H and O–H groups in total. The zero-order valence-corrected chi connectivity index (χ0v) is 11.4. The van der Waals surface area contributed by atoms with E-state index < -0.39 is 0 Å². The van der Waals surface area contributed by atoms with Gasteiger partial charge < -0.3 is 0 Å². The van der Waals surface area contributed by atoms with E-state index in [2.05, 4.69) is 11.4 Å². The summed E-state index contributed by atoms with van der Waals surface area (Å²) in [6, 6.07) is 16.4. The summed E-state index contributed by atoms with van der Waals surface area (Å²) in [5.74, 6) is -0.196. The Morgan fingerprint density at radius 1 is 1.15 bits per heavy atom. The van der Waals surface area contributed by atoms with Gasteiger partial charge in [-0.2, -0.15) is 5.26 Å². The Labute approximate surface area is 118 Å². The van der Waals surface area contributed by atoms with Gasteiger partial charge >= 0.3 is 0 Å². The summed E-state index contributed by atoms with van der Waals surface area (Å²) in [6.07, 6.45) is 0.566. The maximum atomic E-state index is 13.5. The smallest absolute Gasteiger partial charge is 0.126 e. The minimum absolute atomic E-state index is 0.196. The van der Waals surface area contributed by atoms with Gasteiger partial charge in [0.2, 0.25) is 0 Å². The van der Waals surface area contributed by atoms with Crippen molar-refractivity contribution in [2.24, 2.45) is 0 Å². The lowest BCUT2D eigenvalue weighted by Crippen LogP contribution is -2.23. The Kier molecular flexibility index (Phi) is 4.86. The number of benzene rings is 2. The lowest BCUT2D eigenvalue weighted by Gasteiger charge is -2.14. The number of hydrogen-bond donors (Lipinski definition) is 1. The van der Waals surface area contributed by atoms with E-state index in [0.29, 0.717) is 18.5 Å². The third kappa shape index (κ3) is 3.43. The molecule has 0 saturated carbocycles. The first kappa shape index (κ1) is 14.2. The fourth-order valence-electron chi connectivity index (χ4n) is 2.19. The van der Waals surface area contributed by atoms with E-state index in [1.165, 1.54) is 6.07 Å². The normalized spacial score (nSPS) is 11.8. The van der Waals surface area contributed by atoms with Crippen molar-refractivity contribution in [1.82, 2.24) is 5.32 Å².